The van der Waals surface area contributed by atoms with Crippen LogP contribution in [0.2, 0.25) is 10.0 Å². The van der Waals surface area contributed by atoms with Crippen LogP contribution in [-0.2, 0) is 16.1 Å². The summed E-state index contributed by atoms with van der Waals surface area (Å²) < 4.78 is 0. The van der Waals surface area contributed by atoms with E-state index in [1.54, 1.807) is 48.5 Å². The van der Waals surface area contributed by atoms with E-state index in [-0.39, 0.29) is 17.9 Å². The summed E-state index contributed by atoms with van der Waals surface area (Å²) in [5, 5.41) is 12.0. The predicted molar refractivity (Wildman–Crippen MR) is 117 cm³/mol. The first kappa shape index (κ1) is 20.2. The van der Waals surface area contributed by atoms with Crippen molar-refractivity contribution in [2.24, 2.45) is 0 Å². The quantitative estimate of drug-likeness (QED) is 0.327. The Morgan fingerprint density at radius 2 is 1.40 bits per heavy atom. The molecule has 0 saturated carbocycles. The van der Waals surface area contributed by atoms with Gasteiger partial charge in [0.15, 0.2) is 0 Å². The van der Waals surface area contributed by atoms with Crippen molar-refractivity contribution in [3.63, 3.8) is 0 Å². The summed E-state index contributed by atoms with van der Waals surface area (Å²) in [6.07, 6.45) is 0. The summed E-state index contributed by atoms with van der Waals surface area (Å²) in [5.74, 6) is -1.62. The highest BCUT2D eigenvalue weighted by molar-refractivity contribution is 6.46. The lowest BCUT2D eigenvalue weighted by molar-refractivity contribution is -0.140. The Labute approximate surface area is 184 Å². The molecule has 1 amide bonds. The largest absolute Gasteiger partial charge is 0.507 e. The number of aliphatic hydroxyl groups excluding tert-OH is 1. The molecule has 4 nitrogen and oxygen atoms in total. The summed E-state index contributed by atoms with van der Waals surface area (Å²) >= 11 is 12.0. The highest BCUT2D eigenvalue weighted by Gasteiger charge is 2.46. The Balaban J connectivity index is 1.85. The van der Waals surface area contributed by atoms with Crippen LogP contribution in [0.15, 0.2) is 84.4 Å². The molecule has 0 bridgehead atoms. The van der Waals surface area contributed by atoms with Crippen LogP contribution in [0.5, 0.6) is 0 Å². The predicted octanol–water partition coefficient (Wildman–Crippen LogP) is 5.62. The van der Waals surface area contributed by atoms with E-state index in [2.05, 4.69) is 0 Å². The fourth-order valence-electron chi connectivity index (χ4n) is 3.58. The molecule has 3 aromatic rings. The van der Waals surface area contributed by atoms with Crippen LogP contribution in [0.3, 0.4) is 0 Å². The van der Waals surface area contributed by atoms with E-state index in [4.69, 9.17) is 23.2 Å². The van der Waals surface area contributed by atoms with Gasteiger partial charge in [-0.05, 0) is 47.5 Å². The van der Waals surface area contributed by atoms with Gasteiger partial charge in [-0.15, -0.1) is 0 Å². The zero-order valence-corrected chi connectivity index (χ0v) is 17.3. The van der Waals surface area contributed by atoms with Crippen LogP contribution >= 0.6 is 23.2 Å². The molecule has 0 aromatic heterocycles. The molecular weight excluding hydrogens is 421 g/mol. The number of rotatable bonds is 4. The Morgan fingerprint density at radius 1 is 0.833 bits per heavy atom. The third-order valence-electron chi connectivity index (χ3n) is 5.04. The second-order valence-corrected chi connectivity index (χ2v) is 7.84. The maximum absolute atomic E-state index is 13.0. The molecule has 1 aliphatic heterocycles. The second-order valence-electron chi connectivity index (χ2n) is 6.97. The number of benzene rings is 3. The molecule has 4 rings (SSSR count). The fraction of sp³-hybridized carbons (Fsp3) is 0.0833. The number of Topliss-reactive ketones (excluding diaryl/α,β-unsaturated/α-hetero) is 1. The van der Waals surface area contributed by atoms with Gasteiger partial charge in [-0.3, -0.25) is 9.59 Å². The molecule has 3 aromatic carbocycles. The average Bonchev–Trinajstić information content (AvgIpc) is 3.00. The van der Waals surface area contributed by atoms with Crippen molar-refractivity contribution in [1.82, 2.24) is 4.90 Å². The molecule has 1 saturated heterocycles. The molecule has 30 heavy (non-hydrogen) atoms. The van der Waals surface area contributed by atoms with Gasteiger partial charge >= 0.3 is 0 Å². The van der Waals surface area contributed by atoms with Gasteiger partial charge in [0.2, 0.25) is 0 Å². The standard InChI is InChI=1S/C24H17Cl2NO3/c25-18-10-6-16(7-11-18)21-20(22(28)17-8-12-19(26)13-9-17)23(29)24(30)27(21)14-15-4-2-1-3-5-15/h1-13,21,28H,14H2. The second kappa shape index (κ2) is 8.34. The minimum Gasteiger partial charge on any atom is -0.507 e. The SMILES string of the molecule is O=C1C(=O)N(Cc2ccccc2)C(c2ccc(Cl)cc2)C1=C(O)c1ccc(Cl)cc1. The number of aliphatic hydroxyl groups is 1. The van der Waals surface area contributed by atoms with Crippen molar-refractivity contribution in [3.8, 4) is 0 Å². The summed E-state index contributed by atoms with van der Waals surface area (Å²) in [7, 11) is 0. The van der Waals surface area contributed by atoms with E-state index in [0.717, 1.165) is 5.56 Å². The molecule has 1 N–H and O–H groups in total. The number of hydrogen-bond acceptors (Lipinski definition) is 3. The monoisotopic (exact) mass is 437 g/mol. The Kier molecular flexibility index (Phi) is 5.62. The van der Waals surface area contributed by atoms with Crippen molar-refractivity contribution < 1.29 is 14.7 Å². The van der Waals surface area contributed by atoms with Gasteiger partial charge in [-0.1, -0.05) is 65.7 Å². The molecule has 0 radical (unpaired) electrons. The molecule has 1 atom stereocenters. The average molecular weight is 438 g/mol. The summed E-state index contributed by atoms with van der Waals surface area (Å²) in [5.41, 5.74) is 2.02. The van der Waals surface area contributed by atoms with Crippen molar-refractivity contribution in [2.45, 2.75) is 12.6 Å². The van der Waals surface area contributed by atoms with E-state index in [9.17, 15) is 14.7 Å². The van der Waals surface area contributed by atoms with Gasteiger partial charge in [0, 0.05) is 22.2 Å². The van der Waals surface area contributed by atoms with Gasteiger partial charge < -0.3 is 10.0 Å². The molecule has 6 heteroatoms. The summed E-state index contributed by atoms with van der Waals surface area (Å²) in [4.78, 5) is 27.4. The van der Waals surface area contributed by atoms with Gasteiger partial charge in [0.25, 0.3) is 11.7 Å². The Morgan fingerprint density at radius 3 is 2.00 bits per heavy atom. The lowest BCUT2D eigenvalue weighted by Gasteiger charge is -2.25. The zero-order chi connectivity index (χ0) is 21.3. The third-order valence-corrected chi connectivity index (χ3v) is 5.54. The highest BCUT2D eigenvalue weighted by atomic mass is 35.5. The molecule has 1 unspecified atom stereocenters. The van der Waals surface area contributed by atoms with Gasteiger partial charge in [0.1, 0.15) is 5.76 Å². The van der Waals surface area contributed by atoms with E-state index in [1.807, 2.05) is 30.3 Å². The number of likely N-dealkylation sites (tertiary alicyclic amines) is 1. The van der Waals surface area contributed by atoms with Gasteiger partial charge in [0.05, 0.1) is 11.6 Å². The molecular formula is C24H17Cl2NO3. The van der Waals surface area contributed by atoms with Crippen molar-refractivity contribution in [1.29, 1.82) is 0 Å². The molecule has 150 valence electrons. The first-order valence-electron chi connectivity index (χ1n) is 9.29. The molecule has 0 spiro atoms. The van der Waals surface area contributed by atoms with E-state index >= 15 is 0 Å². The first-order chi connectivity index (χ1) is 14.5. The van der Waals surface area contributed by atoms with E-state index in [0.29, 0.717) is 21.2 Å². The fourth-order valence-corrected chi connectivity index (χ4v) is 3.83. The number of hydrogen-bond donors (Lipinski definition) is 1. The molecule has 0 aliphatic carbocycles. The maximum atomic E-state index is 13.0. The van der Waals surface area contributed by atoms with Gasteiger partial charge in [-0.25, -0.2) is 0 Å². The topological polar surface area (TPSA) is 57.6 Å². The number of amides is 1. The highest BCUT2D eigenvalue weighted by Crippen LogP contribution is 2.40. The molecule has 1 aliphatic rings. The number of carbonyl (C=O) groups excluding carboxylic acids is 2. The van der Waals surface area contributed by atoms with E-state index < -0.39 is 17.7 Å². The minimum absolute atomic E-state index is 0.0422. The van der Waals surface area contributed by atoms with Crippen LogP contribution < -0.4 is 0 Å². The third kappa shape index (κ3) is 3.84. The van der Waals surface area contributed by atoms with Crippen molar-refractivity contribution >= 4 is 40.7 Å². The Bertz CT molecular complexity index is 1120. The summed E-state index contributed by atoms with van der Waals surface area (Å²) in [6.45, 7) is 0.232. The normalized spacial score (nSPS) is 18.1. The van der Waals surface area contributed by atoms with Crippen LogP contribution in [0.4, 0.5) is 0 Å². The van der Waals surface area contributed by atoms with Crippen LogP contribution in [0.25, 0.3) is 5.76 Å². The number of ketones is 1. The van der Waals surface area contributed by atoms with Gasteiger partial charge in [-0.2, -0.15) is 0 Å². The van der Waals surface area contributed by atoms with Crippen molar-refractivity contribution in [3.05, 3.63) is 111 Å². The number of nitrogens with zero attached hydrogens (tertiary/aromatic N) is 1. The summed E-state index contributed by atoms with van der Waals surface area (Å²) in [6, 6.07) is 22.0. The zero-order valence-electron chi connectivity index (χ0n) is 15.8. The van der Waals surface area contributed by atoms with Crippen LogP contribution in [0, 0.1) is 0 Å². The first-order valence-corrected chi connectivity index (χ1v) is 10.0. The Hall–Kier alpha value is -3.08. The number of halogens is 2. The smallest absolute Gasteiger partial charge is 0.295 e. The lowest BCUT2D eigenvalue weighted by atomic mass is 9.95. The molecule has 1 fully saturated rings. The van der Waals surface area contributed by atoms with Crippen molar-refractivity contribution in [2.75, 3.05) is 0 Å². The number of carbonyl (C=O) groups is 2. The maximum Gasteiger partial charge on any atom is 0.295 e. The van der Waals surface area contributed by atoms with Crippen LogP contribution in [0.1, 0.15) is 22.7 Å². The van der Waals surface area contributed by atoms with Crippen LogP contribution in [-0.4, -0.2) is 21.7 Å². The van der Waals surface area contributed by atoms with E-state index in [1.165, 1.54) is 4.90 Å². The minimum atomic E-state index is -0.738. The molecule has 1 heterocycles. The lowest BCUT2D eigenvalue weighted by Crippen LogP contribution is -2.29.